The average molecular weight is 402 g/mol. The maximum atomic E-state index is 12.9. The zero-order valence-corrected chi connectivity index (χ0v) is 17.1. The summed E-state index contributed by atoms with van der Waals surface area (Å²) >= 11 is 0. The Labute approximate surface area is 169 Å². The highest BCUT2D eigenvalue weighted by Crippen LogP contribution is 2.17. The Hall–Kier alpha value is -2.94. The van der Waals surface area contributed by atoms with E-state index in [4.69, 9.17) is 18.7 Å². The van der Waals surface area contributed by atoms with Crippen molar-refractivity contribution >= 4 is 11.6 Å². The van der Waals surface area contributed by atoms with Crippen molar-refractivity contribution in [3.63, 3.8) is 0 Å². The summed E-state index contributed by atoms with van der Waals surface area (Å²) < 4.78 is 16.9. The summed E-state index contributed by atoms with van der Waals surface area (Å²) in [4.78, 5) is 28.2. The van der Waals surface area contributed by atoms with Crippen LogP contribution in [0.2, 0.25) is 0 Å². The highest BCUT2D eigenvalue weighted by Gasteiger charge is 2.30. The van der Waals surface area contributed by atoms with Gasteiger partial charge in [-0.15, -0.1) is 0 Å². The van der Waals surface area contributed by atoms with Gasteiger partial charge in [-0.1, -0.05) is 19.0 Å². The molecule has 0 saturated carbocycles. The molecule has 3 heterocycles. The second kappa shape index (κ2) is 9.51. The first-order valence-corrected chi connectivity index (χ1v) is 9.52. The third-order valence-corrected chi connectivity index (χ3v) is 4.35. The van der Waals surface area contributed by atoms with E-state index < -0.39 is 0 Å². The molecule has 1 unspecified atom stereocenters. The molecule has 2 aromatic rings. The largest absolute Gasteiger partial charge is 0.475 e. The second-order valence-corrected chi connectivity index (χ2v) is 7.02. The third-order valence-electron chi connectivity index (χ3n) is 4.35. The Balaban J connectivity index is 1.63. The minimum Gasteiger partial charge on any atom is -0.475 e. The lowest BCUT2D eigenvalue weighted by atomic mass is 10.2. The molecule has 9 nitrogen and oxygen atoms in total. The lowest BCUT2D eigenvalue weighted by molar-refractivity contribution is -0.132. The Morgan fingerprint density at radius 3 is 2.93 bits per heavy atom. The zero-order valence-electron chi connectivity index (χ0n) is 17.1. The van der Waals surface area contributed by atoms with Crippen LogP contribution in [0.4, 0.5) is 0 Å². The minimum absolute atomic E-state index is 0.118. The number of aryl methyl sites for hydroxylation is 1. The number of hydrogen-bond acceptors (Lipinski definition) is 8. The first kappa shape index (κ1) is 20.8. The van der Waals surface area contributed by atoms with Crippen molar-refractivity contribution in [3.8, 4) is 5.88 Å². The lowest BCUT2D eigenvalue weighted by Gasteiger charge is -2.32. The molecular formula is C20H26N4O5. The van der Waals surface area contributed by atoms with Crippen molar-refractivity contribution in [3.05, 3.63) is 41.7 Å². The fourth-order valence-electron chi connectivity index (χ4n) is 2.92. The second-order valence-electron chi connectivity index (χ2n) is 7.02. The van der Waals surface area contributed by atoms with Crippen molar-refractivity contribution in [2.24, 2.45) is 5.16 Å². The number of carbonyl (C=O) groups is 1. The Kier molecular flexibility index (Phi) is 6.82. The molecule has 156 valence electrons. The normalized spacial score (nSPS) is 17.5. The van der Waals surface area contributed by atoms with E-state index in [2.05, 4.69) is 15.1 Å². The smallest absolute Gasteiger partial charge is 0.279 e. The number of amides is 1. The predicted molar refractivity (Wildman–Crippen MR) is 105 cm³/mol. The zero-order chi connectivity index (χ0) is 20.8. The Morgan fingerprint density at radius 1 is 1.41 bits per heavy atom. The average Bonchev–Trinajstić information content (AvgIpc) is 3.24. The van der Waals surface area contributed by atoms with Crippen LogP contribution in [0.15, 0.2) is 34.0 Å². The number of carbonyl (C=O) groups excluding carboxylic acids is 1. The summed E-state index contributed by atoms with van der Waals surface area (Å²) in [5.41, 5.74) is 0.964. The summed E-state index contributed by atoms with van der Waals surface area (Å²) in [6, 6.07) is 5.15. The van der Waals surface area contributed by atoms with Crippen LogP contribution < -0.4 is 4.74 Å². The molecule has 3 rings (SSSR count). The summed E-state index contributed by atoms with van der Waals surface area (Å²) in [6.45, 7) is 7.46. The van der Waals surface area contributed by atoms with Gasteiger partial charge in [-0.2, -0.15) is 4.98 Å². The monoisotopic (exact) mass is 402 g/mol. The van der Waals surface area contributed by atoms with E-state index in [-0.39, 0.29) is 30.2 Å². The number of ether oxygens (including phenoxy) is 2. The van der Waals surface area contributed by atoms with Gasteiger partial charge < -0.3 is 23.6 Å². The number of morpholine rings is 1. The molecule has 0 aromatic carbocycles. The number of furan rings is 1. The quantitative estimate of drug-likeness (QED) is 0.517. The summed E-state index contributed by atoms with van der Waals surface area (Å²) in [5, 5.41) is 3.84. The predicted octanol–water partition coefficient (Wildman–Crippen LogP) is 2.16. The molecule has 0 bridgehead atoms. The van der Waals surface area contributed by atoms with Crippen LogP contribution in [-0.4, -0.2) is 66.0 Å². The number of oxime groups is 1. The molecule has 0 N–H and O–H groups in total. The molecule has 1 aliphatic rings. The number of rotatable bonds is 7. The van der Waals surface area contributed by atoms with Crippen LogP contribution >= 0.6 is 0 Å². The van der Waals surface area contributed by atoms with Gasteiger partial charge in [0.1, 0.15) is 25.6 Å². The van der Waals surface area contributed by atoms with Crippen LogP contribution in [0.3, 0.4) is 0 Å². The van der Waals surface area contributed by atoms with Gasteiger partial charge in [-0.3, -0.25) is 4.79 Å². The van der Waals surface area contributed by atoms with E-state index in [1.54, 1.807) is 23.1 Å². The molecule has 0 aliphatic carbocycles. The maximum Gasteiger partial charge on any atom is 0.279 e. The highest BCUT2D eigenvalue weighted by molar-refractivity contribution is 6.44. The van der Waals surface area contributed by atoms with Crippen LogP contribution in [0.25, 0.3) is 0 Å². The lowest BCUT2D eigenvalue weighted by Crippen LogP contribution is -2.49. The first-order valence-electron chi connectivity index (χ1n) is 9.52. The summed E-state index contributed by atoms with van der Waals surface area (Å²) in [6.07, 6.45) is 1.20. The van der Waals surface area contributed by atoms with E-state index in [0.29, 0.717) is 31.3 Å². The maximum absolute atomic E-state index is 12.9. The van der Waals surface area contributed by atoms with Gasteiger partial charge >= 0.3 is 0 Å². The summed E-state index contributed by atoms with van der Waals surface area (Å²) in [5.74, 6) is 1.52. The van der Waals surface area contributed by atoms with Crippen molar-refractivity contribution in [1.29, 1.82) is 0 Å². The van der Waals surface area contributed by atoms with E-state index in [1.807, 2.05) is 20.8 Å². The molecular weight excluding hydrogens is 376 g/mol. The molecule has 1 amide bonds. The molecule has 2 aromatic heterocycles. The molecule has 0 spiro atoms. The number of hydrogen-bond donors (Lipinski definition) is 0. The molecule has 1 atom stereocenters. The van der Waals surface area contributed by atoms with Crippen LogP contribution in [0.1, 0.15) is 37.0 Å². The van der Waals surface area contributed by atoms with Crippen molar-refractivity contribution in [1.82, 2.24) is 14.9 Å². The van der Waals surface area contributed by atoms with Crippen LogP contribution in [-0.2, 0) is 14.4 Å². The van der Waals surface area contributed by atoms with Gasteiger partial charge in [0.2, 0.25) is 11.6 Å². The van der Waals surface area contributed by atoms with E-state index >= 15 is 0 Å². The Morgan fingerprint density at radius 2 is 2.24 bits per heavy atom. The Bertz CT molecular complexity index is 851. The molecule has 1 aliphatic heterocycles. The van der Waals surface area contributed by atoms with E-state index in [1.165, 1.54) is 13.4 Å². The van der Waals surface area contributed by atoms with Gasteiger partial charge in [-0.25, -0.2) is 4.98 Å². The minimum atomic E-state index is -0.286. The summed E-state index contributed by atoms with van der Waals surface area (Å²) in [7, 11) is 1.39. The molecule has 1 saturated heterocycles. The van der Waals surface area contributed by atoms with Crippen molar-refractivity contribution in [2.45, 2.75) is 32.8 Å². The fourth-order valence-corrected chi connectivity index (χ4v) is 2.92. The third kappa shape index (κ3) is 5.32. The first-order chi connectivity index (χ1) is 14.0. The molecule has 1 fully saturated rings. The SMILES string of the molecule is CO/N=C(/C(=O)N1CCOC(COc2cc(C)nc(C(C)C)n2)C1)c1ccco1. The van der Waals surface area contributed by atoms with E-state index in [9.17, 15) is 4.79 Å². The van der Waals surface area contributed by atoms with Gasteiger partial charge in [0.15, 0.2) is 5.76 Å². The van der Waals surface area contributed by atoms with Crippen LogP contribution in [0.5, 0.6) is 5.88 Å². The molecule has 9 heteroatoms. The molecule has 29 heavy (non-hydrogen) atoms. The van der Waals surface area contributed by atoms with Crippen LogP contribution in [0, 0.1) is 6.92 Å². The number of nitrogens with zero attached hydrogens (tertiary/aromatic N) is 4. The van der Waals surface area contributed by atoms with Crippen molar-refractivity contribution < 1.29 is 23.5 Å². The van der Waals surface area contributed by atoms with Gasteiger partial charge in [0, 0.05) is 24.2 Å². The van der Waals surface area contributed by atoms with Crippen molar-refractivity contribution in [2.75, 3.05) is 33.4 Å². The van der Waals surface area contributed by atoms with Gasteiger partial charge in [-0.05, 0) is 19.1 Å². The highest BCUT2D eigenvalue weighted by atomic mass is 16.6. The van der Waals surface area contributed by atoms with Gasteiger partial charge in [0.25, 0.3) is 5.91 Å². The fraction of sp³-hybridized carbons (Fsp3) is 0.500. The molecule has 0 radical (unpaired) electrons. The standard InChI is InChI=1S/C20H26N4O5/c1-13(2)19-21-14(3)10-17(22-19)29-12-15-11-24(7-9-27-15)20(25)18(23-26-4)16-6-5-8-28-16/h5-6,8,10,13,15H,7,9,11-12H2,1-4H3/b23-18+. The van der Waals surface area contributed by atoms with E-state index in [0.717, 1.165) is 11.5 Å². The van der Waals surface area contributed by atoms with Gasteiger partial charge in [0.05, 0.1) is 19.4 Å². The number of aromatic nitrogens is 2. The topological polar surface area (TPSA) is 99.3 Å².